The van der Waals surface area contributed by atoms with Crippen molar-refractivity contribution in [3.63, 3.8) is 0 Å². The van der Waals surface area contributed by atoms with Gasteiger partial charge in [0.05, 0.1) is 5.56 Å². The number of ether oxygens (including phenoxy) is 2. The number of esters is 1. The number of hydrogen-bond donors (Lipinski definition) is 1. The van der Waals surface area contributed by atoms with Gasteiger partial charge in [0, 0.05) is 52.9 Å². The predicted octanol–water partition coefficient (Wildman–Crippen LogP) is 9.51. The topological polar surface area (TPSA) is 50.8 Å². The third-order valence-corrected chi connectivity index (χ3v) is 8.89. The molecule has 0 saturated heterocycles. The van der Waals surface area contributed by atoms with Crippen LogP contribution in [0.4, 0.5) is 17.1 Å². The maximum Gasteiger partial charge on any atom is 0.340 e. The minimum absolute atomic E-state index is 0.341. The van der Waals surface area contributed by atoms with Crippen molar-refractivity contribution in [1.29, 1.82) is 0 Å². The lowest BCUT2D eigenvalue weighted by atomic mass is 9.77. The van der Waals surface area contributed by atoms with Gasteiger partial charge in [-0.05, 0) is 66.1 Å². The average molecular weight is 601 g/mol. The number of nitrogens with zero attached hydrogens (tertiary/aromatic N) is 1. The third kappa shape index (κ3) is 4.77. The highest BCUT2D eigenvalue weighted by molar-refractivity contribution is 5.97. The standard InChI is InChI=1S/C41H32N2O3/c1-28-23-38-36(25-37(28)42-31-17-9-4-10-18-31)41(34-20-12-11-19-33(34)40(44)46-41)35-22-21-32(24-39(35)45-38)43(26-29-13-5-2-6-14-29)27-30-15-7-3-8-16-30/h2-25,42H,26-27H2,1H3. The fraction of sp³-hybridized carbons (Fsp3) is 0.0976. The molecule has 5 nitrogen and oxygen atoms in total. The van der Waals surface area contributed by atoms with E-state index in [0.29, 0.717) is 17.1 Å². The second kappa shape index (κ2) is 11.3. The summed E-state index contributed by atoms with van der Waals surface area (Å²) >= 11 is 0. The van der Waals surface area contributed by atoms with Crippen molar-refractivity contribution < 1.29 is 14.3 Å². The Morgan fingerprint density at radius 2 is 1.24 bits per heavy atom. The Morgan fingerprint density at radius 1 is 0.630 bits per heavy atom. The SMILES string of the molecule is Cc1cc2c(cc1Nc1ccccc1)C1(OC(=O)c3ccccc31)c1ccc(N(Cc3ccccc3)Cc3ccccc3)cc1O2. The van der Waals surface area contributed by atoms with Crippen LogP contribution in [-0.4, -0.2) is 5.97 Å². The smallest absolute Gasteiger partial charge is 0.340 e. The van der Waals surface area contributed by atoms with Crippen LogP contribution in [0.5, 0.6) is 11.5 Å². The summed E-state index contributed by atoms with van der Waals surface area (Å²) < 4.78 is 13.2. The number of carbonyl (C=O) groups excluding carboxylic acids is 1. The summed E-state index contributed by atoms with van der Waals surface area (Å²) in [4.78, 5) is 15.8. The van der Waals surface area contributed by atoms with Gasteiger partial charge in [0.15, 0.2) is 5.60 Å². The first-order valence-electron chi connectivity index (χ1n) is 15.5. The number of para-hydroxylation sites is 1. The predicted molar refractivity (Wildman–Crippen MR) is 182 cm³/mol. The molecule has 0 radical (unpaired) electrons. The summed E-state index contributed by atoms with van der Waals surface area (Å²) in [6.07, 6.45) is 0. The fourth-order valence-corrected chi connectivity index (χ4v) is 6.66. The fourth-order valence-electron chi connectivity index (χ4n) is 6.66. The number of nitrogens with one attached hydrogen (secondary N) is 1. The van der Waals surface area contributed by atoms with Gasteiger partial charge >= 0.3 is 5.97 Å². The highest BCUT2D eigenvalue weighted by Gasteiger charge is 2.53. The lowest BCUT2D eigenvalue weighted by molar-refractivity contribution is 0.0224. The molecule has 224 valence electrons. The Labute approximate surface area is 268 Å². The van der Waals surface area contributed by atoms with Crippen LogP contribution >= 0.6 is 0 Å². The zero-order chi connectivity index (χ0) is 31.1. The summed E-state index contributed by atoms with van der Waals surface area (Å²) in [5, 5.41) is 3.56. The van der Waals surface area contributed by atoms with Crippen LogP contribution in [0.2, 0.25) is 0 Å². The molecule has 0 amide bonds. The number of fused-ring (bicyclic) bond motifs is 6. The van der Waals surface area contributed by atoms with Gasteiger partial charge in [-0.2, -0.15) is 0 Å². The molecule has 2 aliphatic rings. The molecule has 2 aliphatic heterocycles. The van der Waals surface area contributed by atoms with E-state index in [0.717, 1.165) is 52.4 Å². The van der Waals surface area contributed by atoms with E-state index in [9.17, 15) is 4.79 Å². The Kier molecular flexibility index (Phi) is 6.80. The molecule has 1 N–H and O–H groups in total. The Morgan fingerprint density at radius 3 is 1.93 bits per heavy atom. The van der Waals surface area contributed by atoms with Gasteiger partial charge in [-0.15, -0.1) is 0 Å². The molecule has 1 atom stereocenters. The monoisotopic (exact) mass is 600 g/mol. The summed E-state index contributed by atoms with van der Waals surface area (Å²) in [7, 11) is 0. The highest BCUT2D eigenvalue weighted by atomic mass is 16.6. The van der Waals surface area contributed by atoms with Crippen molar-refractivity contribution in [3.8, 4) is 11.5 Å². The van der Waals surface area contributed by atoms with Crippen molar-refractivity contribution in [2.45, 2.75) is 25.6 Å². The molecular formula is C41H32N2O3. The summed E-state index contributed by atoms with van der Waals surface area (Å²) in [6, 6.07) is 49.1. The Bertz CT molecular complexity index is 2020. The molecule has 1 unspecified atom stereocenters. The first-order chi connectivity index (χ1) is 22.6. The summed E-state index contributed by atoms with van der Waals surface area (Å²) in [5.41, 5.74) is 8.19. The van der Waals surface area contributed by atoms with Crippen LogP contribution in [0.15, 0.2) is 146 Å². The van der Waals surface area contributed by atoms with E-state index in [2.05, 4.69) is 89.9 Å². The lowest BCUT2D eigenvalue weighted by Gasteiger charge is -2.38. The largest absolute Gasteiger partial charge is 0.456 e. The quantitative estimate of drug-likeness (QED) is 0.185. The van der Waals surface area contributed by atoms with Gasteiger partial charge in [0.25, 0.3) is 0 Å². The second-order valence-electron chi connectivity index (χ2n) is 11.9. The number of benzene rings is 6. The molecule has 0 fully saturated rings. The van der Waals surface area contributed by atoms with Crippen molar-refractivity contribution in [2.24, 2.45) is 0 Å². The Balaban J connectivity index is 1.27. The van der Waals surface area contributed by atoms with Gasteiger partial charge in [-0.3, -0.25) is 0 Å². The zero-order valence-corrected chi connectivity index (χ0v) is 25.4. The lowest BCUT2D eigenvalue weighted by Crippen LogP contribution is -2.33. The normalized spacial score (nSPS) is 15.7. The van der Waals surface area contributed by atoms with E-state index in [4.69, 9.17) is 9.47 Å². The molecule has 6 aromatic rings. The van der Waals surface area contributed by atoms with Crippen molar-refractivity contribution in [3.05, 3.63) is 185 Å². The molecular weight excluding hydrogens is 568 g/mol. The number of hydrogen-bond acceptors (Lipinski definition) is 5. The van der Waals surface area contributed by atoms with Gasteiger partial charge in [0.2, 0.25) is 0 Å². The van der Waals surface area contributed by atoms with Crippen LogP contribution in [0.25, 0.3) is 0 Å². The molecule has 0 bridgehead atoms. The maximum absolute atomic E-state index is 13.5. The molecule has 46 heavy (non-hydrogen) atoms. The molecule has 8 rings (SSSR count). The van der Waals surface area contributed by atoms with Gasteiger partial charge in [0.1, 0.15) is 11.5 Å². The highest BCUT2D eigenvalue weighted by Crippen LogP contribution is 2.57. The Hall–Kier alpha value is -5.81. The van der Waals surface area contributed by atoms with Crippen molar-refractivity contribution >= 4 is 23.0 Å². The molecule has 2 heterocycles. The van der Waals surface area contributed by atoms with Gasteiger partial charge < -0.3 is 19.7 Å². The molecule has 6 aromatic carbocycles. The first-order valence-corrected chi connectivity index (χ1v) is 15.5. The molecule has 0 aromatic heterocycles. The summed E-state index contributed by atoms with van der Waals surface area (Å²) in [5.74, 6) is 0.998. The van der Waals surface area contributed by atoms with Crippen LogP contribution in [0, 0.1) is 6.92 Å². The van der Waals surface area contributed by atoms with Gasteiger partial charge in [-0.25, -0.2) is 4.79 Å². The minimum atomic E-state index is -1.15. The third-order valence-electron chi connectivity index (χ3n) is 8.89. The van der Waals surface area contributed by atoms with Crippen LogP contribution in [-0.2, 0) is 23.4 Å². The number of aryl methyl sites for hydroxylation is 1. The van der Waals surface area contributed by atoms with E-state index in [1.807, 2.05) is 72.8 Å². The molecule has 1 spiro atoms. The molecule has 0 saturated carbocycles. The van der Waals surface area contributed by atoms with E-state index in [-0.39, 0.29) is 5.97 Å². The maximum atomic E-state index is 13.5. The van der Waals surface area contributed by atoms with Crippen LogP contribution in [0.3, 0.4) is 0 Å². The van der Waals surface area contributed by atoms with Crippen LogP contribution < -0.4 is 15.0 Å². The van der Waals surface area contributed by atoms with Gasteiger partial charge in [-0.1, -0.05) is 97.1 Å². The summed E-state index contributed by atoms with van der Waals surface area (Å²) in [6.45, 7) is 3.51. The second-order valence-corrected chi connectivity index (χ2v) is 11.9. The number of carbonyl (C=O) groups is 1. The molecule has 5 heteroatoms. The average Bonchev–Trinajstić information content (AvgIpc) is 3.39. The van der Waals surface area contributed by atoms with Crippen molar-refractivity contribution in [1.82, 2.24) is 0 Å². The van der Waals surface area contributed by atoms with Crippen LogP contribution in [0.1, 0.15) is 43.7 Å². The van der Waals surface area contributed by atoms with E-state index in [1.54, 1.807) is 0 Å². The number of rotatable bonds is 7. The number of anilines is 3. The molecule has 0 aliphatic carbocycles. The van der Waals surface area contributed by atoms with E-state index < -0.39 is 5.60 Å². The minimum Gasteiger partial charge on any atom is -0.456 e. The van der Waals surface area contributed by atoms with Crippen molar-refractivity contribution in [2.75, 3.05) is 10.2 Å². The van der Waals surface area contributed by atoms with E-state index in [1.165, 1.54) is 11.1 Å². The van der Waals surface area contributed by atoms with E-state index >= 15 is 0 Å². The first kappa shape index (κ1) is 27.7. The zero-order valence-electron chi connectivity index (χ0n) is 25.4.